The minimum Gasteiger partial charge on any atom is -0.466 e. The summed E-state index contributed by atoms with van der Waals surface area (Å²) < 4.78 is 10.7. The maximum atomic E-state index is 12.3. The molecule has 0 spiro atoms. The number of carbonyl (C=O) groups excluding carboxylic acids is 2. The van der Waals surface area contributed by atoms with Crippen molar-refractivity contribution in [2.24, 2.45) is 5.92 Å². The molecule has 0 heterocycles. The van der Waals surface area contributed by atoms with E-state index in [0.717, 1.165) is 0 Å². The highest BCUT2D eigenvalue weighted by molar-refractivity contribution is 5.80. The molecule has 0 N–H and O–H groups in total. The maximum Gasteiger partial charge on any atom is 0.415 e. The molecule has 1 unspecified atom stereocenters. The Kier molecular flexibility index (Phi) is 7.59. The number of nitrogens with zero attached hydrogens (tertiary/aromatic N) is 1. The van der Waals surface area contributed by atoms with E-state index < -0.39 is 12.0 Å². The lowest BCUT2D eigenvalue weighted by atomic mass is 9.88. The Morgan fingerprint density at radius 2 is 1.70 bits per heavy atom. The number of esters is 1. The van der Waals surface area contributed by atoms with E-state index in [9.17, 15) is 9.59 Å². The van der Waals surface area contributed by atoms with Gasteiger partial charge in [-0.25, -0.2) is 4.79 Å². The van der Waals surface area contributed by atoms with Crippen LogP contribution in [0.15, 0.2) is 24.3 Å². The second-order valence-corrected chi connectivity index (χ2v) is 5.55. The van der Waals surface area contributed by atoms with E-state index in [-0.39, 0.29) is 11.9 Å². The highest BCUT2D eigenvalue weighted by Gasteiger charge is 2.29. The molecule has 0 aliphatic carbocycles. The van der Waals surface area contributed by atoms with Gasteiger partial charge in [-0.1, -0.05) is 32.0 Å². The monoisotopic (exact) mass is 321 g/mol. The normalized spacial score (nSPS) is 11.9. The average Bonchev–Trinajstić information content (AvgIpc) is 2.50. The fraction of sp³-hybridized carbons (Fsp3) is 0.556. The van der Waals surface area contributed by atoms with Gasteiger partial charge in [-0.2, -0.15) is 0 Å². The molecule has 23 heavy (non-hydrogen) atoms. The lowest BCUT2D eigenvalue weighted by Crippen LogP contribution is -2.33. The summed E-state index contributed by atoms with van der Waals surface area (Å²) in [6, 6.07) is 7.15. The Bertz CT molecular complexity index is 524. The van der Waals surface area contributed by atoms with E-state index in [2.05, 4.69) is 0 Å². The molecular formula is C18H27NO4. The van der Waals surface area contributed by atoms with Crippen molar-refractivity contribution in [3.63, 3.8) is 0 Å². The molecule has 1 aromatic rings. The van der Waals surface area contributed by atoms with Crippen molar-refractivity contribution in [1.29, 1.82) is 0 Å². The van der Waals surface area contributed by atoms with Gasteiger partial charge in [0.2, 0.25) is 0 Å². The predicted octanol–water partition coefficient (Wildman–Crippen LogP) is 3.83. The first kappa shape index (κ1) is 19.0. The Morgan fingerprint density at radius 1 is 1.09 bits per heavy atom. The maximum absolute atomic E-state index is 12.3. The Morgan fingerprint density at radius 3 is 2.22 bits per heavy atom. The summed E-state index contributed by atoms with van der Waals surface area (Å²) in [5, 5.41) is 0. The van der Waals surface area contributed by atoms with Gasteiger partial charge in [0.1, 0.15) is 5.75 Å². The van der Waals surface area contributed by atoms with Crippen molar-refractivity contribution in [3.8, 4) is 5.75 Å². The summed E-state index contributed by atoms with van der Waals surface area (Å²) in [6.45, 7) is 10.9. The standard InChI is InChI=1S/C18H27NO4/c1-6-19(7-2)18(21)23-15-12-10-9-11-14(15)16(13(4)5)17(20)22-8-3/h9-13,16H,6-8H2,1-5H3. The molecule has 0 radical (unpaired) electrons. The highest BCUT2D eigenvalue weighted by Crippen LogP contribution is 2.33. The van der Waals surface area contributed by atoms with Crippen LogP contribution in [0.25, 0.3) is 0 Å². The van der Waals surface area contributed by atoms with Gasteiger partial charge < -0.3 is 14.4 Å². The minimum absolute atomic E-state index is 0.0300. The van der Waals surface area contributed by atoms with Gasteiger partial charge in [-0.05, 0) is 32.8 Å². The smallest absolute Gasteiger partial charge is 0.415 e. The van der Waals surface area contributed by atoms with E-state index in [1.54, 1.807) is 24.0 Å². The predicted molar refractivity (Wildman–Crippen MR) is 89.6 cm³/mol. The number of ether oxygens (including phenoxy) is 2. The number of amides is 1. The van der Waals surface area contributed by atoms with Gasteiger partial charge in [0, 0.05) is 18.7 Å². The Balaban J connectivity index is 3.12. The van der Waals surface area contributed by atoms with Crippen LogP contribution in [0.1, 0.15) is 46.1 Å². The quantitative estimate of drug-likeness (QED) is 0.716. The number of benzene rings is 1. The van der Waals surface area contributed by atoms with Crippen LogP contribution in [-0.2, 0) is 9.53 Å². The molecule has 0 saturated heterocycles. The molecule has 0 aromatic heterocycles. The van der Waals surface area contributed by atoms with Gasteiger partial charge >= 0.3 is 12.1 Å². The lowest BCUT2D eigenvalue weighted by Gasteiger charge is -2.23. The molecule has 1 atom stereocenters. The van der Waals surface area contributed by atoms with Gasteiger partial charge in [0.15, 0.2) is 0 Å². The van der Waals surface area contributed by atoms with Crippen LogP contribution in [0.4, 0.5) is 4.79 Å². The molecule has 0 aliphatic heterocycles. The topological polar surface area (TPSA) is 55.8 Å². The summed E-state index contributed by atoms with van der Waals surface area (Å²) in [4.78, 5) is 26.1. The van der Waals surface area contributed by atoms with Crippen LogP contribution < -0.4 is 4.74 Å². The van der Waals surface area contributed by atoms with Gasteiger partial charge in [0.05, 0.1) is 12.5 Å². The third-order valence-electron chi connectivity index (χ3n) is 3.68. The molecule has 5 heteroatoms. The number of rotatable bonds is 7. The molecule has 0 fully saturated rings. The van der Waals surface area contributed by atoms with Crippen molar-refractivity contribution in [2.45, 2.75) is 40.5 Å². The van der Waals surface area contributed by atoms with Crippen molar-refractivity contribution in [1.82, 2.24) is 4.90 Å². The summed E-state index contributed by atoms with van der Waals surface area (Å²) in [6.07, 6.45) is -0.409. The largest absolute Gasteiger partial charge is 0.466 e. The highest BCUT2D eigenvalue weighted by atomic mass is 16.6. The first-order valence-electron chi connectivity index (χ1n) is 8.18. The van der Waals surface area contributed by atoms with E-state index in [0.29, 0.717) is 31.0 Å². The van der Waals surface area contributed by atoms with Gasteiger partial charge in [-0.15, -0.1) is 0 Å². The van der Waals surface area contributed by atoms with E-state index in [1.807, 2.05) is 39.8 Å². The van der Waals surface area contributed by atoms with Crippen molar-refractivity contribution in [2.75, 3.05) is 19.7 Å². The molecule has 1 amide bonds. The summed E-state index contributed by atoms with van der Waals surface area (Å²) in [7, 11) is 0. The molecule has 1 aromatic carbocycles. The number of hydrogen-bond donors (Lipinski definition) is 0. The van der Waals surface area contributed by atoms with Crippen LogP contribution in [0.2, 0.25) is 0 Å². The minimum atomic E-state index is -0.462. The molecule has 0 bridgehead atoms. The van der Waals surface area contributed by atoms with E-state index >= 15 is 0 Å². The number of hydrogen-bond acceptors (Lipinski definition) is 4. The van der Waals surface area contributed by atoms with Crippen LogP contribution in [0.3, 0.4) is 0 Å². The zero-order valence-corrected chi connectivity index (χ0v) is 14.7. The zero-order chi connectivity index (χ0) is 17.4. The number of carbonyl (C=O) groups is 2. The van der Waals surface area contributed by atoms with Crippen LogP contribution in [0, 0.1) is 5.92 Å². The lowest BCUT2D eigenvalue weighted by molar-refractivity contribution is -0.146. The van der Waals surface area contributed by atoms with Crippen molar-refractivity contribution in [3.05, 3.63) is 29.8 Å². The third-order valence-corrected chi connectivity index (χ3v) is 3.68. The van der Waals surface area contributed by atoms with E-state index in [1.165, 1.54) is 0 Å². The van der Waals surface area contributed by atoms with Crippen molar-refractivity contribution >= 4 is 12.1 Å². The van der Waals surface area contributed by atoms with Gasteiger partial charge in [0.25, 0.3) is 0 Å². The molecule has 1 rings (SSSR count). The van der Waals surface area contributed by atoms with Crippen molar-refractivity contribution < 1.29 is 19.1 Å². The first-order valence-corrected chi connectivity index (χ1v) is 8.18. The van der Waals surface area contributed by atoms with E-state index in [4.69, 9.17) is 9.47 Å². The third kappa shape index (κ3) is 4.98. The summed E-state index contributed by atoms with van der Waals surface area (Å²) >= 11 is 0. The first-order chi connectivity index (χ1) is 11.0. The Labute approximate surface area is 138 Å². The van der Waals surface area contributed by atoms with Crippen LogP contribution in [-0.4, -0.2) is 36.7 Å². The fourth-order valence-corrected chi connectivity index (χ4v) is 2.46. The molecular weight excluding hydrogens is 294 g/mol. The van der Waals surface area contributed by atoms with Crippen LogP contribution in [0.5, 0.6) is 5.75 Å². The van der Waals surface area contributed by atoms with Gasteiger partial charge in [-0.3, -0.25) is 4.79 Å². The second kappa shape index (κ2) is 9.18. The summed E-state index contributed by atoms with van der Waals surface area (Å²) in [5.41, 5.74) is 0.682. The molecule has 0 aliphatic rings. The second-order valence-electron chi connectivity index (χ2n) is 5.55. The number of para-hydroxylation sites is 1. The molecule has 5 nitrogen and oxygen atoms in total. The SMILES string of the molecule is CCOC(=O)C(c1ccccc1OC(=O)N(CC)CC)C(C)C. The van der Waals surface area contributed by atoms with Crippen LogP contribution >= 0.6 is 0 Å². The fourth-order valence-electron chi connectivity index (χ4n) is 2.46. The average molecular weight is 321 g/mol. The molecule has 0 saturated carbocycles. The summed E-state index contributed by atoms with van der Waals surface area (Å²) in [5.74, 6) is -0.317. The molecule has 128 valence electrons. The zero-order valence-electron chi connectivity index (χ0n) is 14.7. The Hall–Kier alpha value is -2.04.